The molecular formula is C12H21N3O. The molecule has 0 saturated heterocycles. The van der Waals surface area contributed by atoms with Crippen LogP contribution in [0.4, 0.5) is 0 Å². The van der Waals surface area contributed by atoms with Crippen LogP contribution in [0.5, 0.6) is 0 Å². The van der Waals surface area contributed by atoms with Gasteiger partial charge in [0.25, 0.3) is 0 Å². The van der Waals surface area contributed by atoms with Crippen LogP contribution in [-0.4, -0.2) is 36.1 Å². The molecule has 1 aliphatic rings. The van der Waals surface area contributed by atoms with Gasteiger partial charge in [-0.05, 0) is 32.8 Å². The number of hydrogen-bond acceptors (Lipinski definition) is 3. The Hall–Kier alpha value is -0.870. The second kappa shape index (κ2) is 4.97. The Balaban J connectivity index is 2.01. The molecule has 0 spiro atoms. The first-order valence-electron chi connectivity index (χ1n) is 5.95. The molecule has 1 aromatic heterocycles. The molecule has 1 aliphatic carbocycles. The molecule has 4 nitrogen and oxygen atoms in total. The monoisotopic (exact) mass is 223 g/mol. The Morgan fingerprint density at radius 2 is 2.31 bits per heavy atom. The van der Waals surface area contributed by atoms with Crippen molar-refractivity contribution in [1.29, 1.82) is 0 Å². The van der Waals surface area contributed by atoms with Crippen molar-refractivity contribution in [1.82, 2.24) is 15.1 Å². The van der Waals surface area contributed by atoms with Gasteiger partial charge >= 0.3 is 0 Å². The molecule has 1 aromatic rings. The first kappa shape index (κ1) is 11.6. The Morgan fingerprint density at radius 3 is 2.81 bits per heavy atom. The summed E-state index contributed by atoms with van der Waals surface area (Å²) in [7, 11) is 1.75. The van der Waals surface area contributed by atoms with Gasteiger partial charge in [-0.15, -0.1) is 0 Å². The molecule has 16 heavy (non-hydrogen) atoms. The molecule has 1 unspecified atom stereocenters. The van der Waals surface area contributed by atoms with Crippen LogP contribution in [0.2, 0.25) is 0 Å². The molecule has 0 bridgehead atoms. The average Bonchev–Trinajstić information content (AvgIpc) is 2.99. The molecule has 1 fully saturated rings. The summed E-state index contributed by atoms with van der Waals surface area (Å²) in [5, 5.41) is 8.06. The molecule has 1 saturated carbocycles. The van der Waals surface area contributed by atoms with E-state index in [0.29, 0.717) is 12.6 Å². The fourth-order valence-corrected chi connectivity index (χ4v) is 2.01. The van der Waals surface area contributed by atoms with Gasteiger partial charge in [0.05, 0.1) is 18.3 Å². The van der Waals surface area contributed by atoms with Crippen molar-refractivity contribution >= 4 is 0 Å². The molecule has 0 aliphatic heterocycles. The van der Waals surface area contributed by atoms with E-state index in [4.69, 9.17) is 4.74 Å². The second-order valence-electron chi connectivity index (χ2n) is 4.66. The third kappa shape index (κ3) is 2.83. The average molecular weight is 223 g/mol. The van der Waals surface area contributed by atoms with Crippen molar-refractivity contribution in [2.45, 2.75) is 38.8 Å². The number of nitrogens with one attached hydrogen (secondary N) is 1. The van der Waals surface area contributed by atoms with E-state index in [2.05, 4.69) is 28.1 Å². The highest BCUT2D eigenvalue weighted by molar-refractivity contribution is 5.08. The lowest BCUT2D eigenvalue weighted by Gasteiger charge is -2.19. The van der Waals surface area contributed by atoms with Crippen LogP contribution in [0, 0.1) is 13.8 Å². The van der Waals surface area contributed by atoms with E-state index in [-0.39, 0.29) is 0 Å². The maximum Gasteiger partial charge on any atom is 0.0879 e. The van der Waals surface area contributed by atoms with E-state index in [1.54, 1.807) is 7.11 Å². The fourth-order valence-electron chi connectivity index (χ4n) is 2.01. The van der Waals surface area contributed by atoms with Gasteiger partial charge in [-0.25, -0.2) is 0 Å². The van der Waals surface area contributed by atoms with Crippen molar-refractivity contribution in [2.75, 3.05) is 20.3 Å². The normalized spacial score (nSPS) is 17.7. The van der Waals surface area contributed by atoms with E-state index >= 15 is 0 Å². The lowest BCUT2D eigenvalue weighted by Crippen LogP contribution is -2.31. The van der Waals surface area contributed by atoms with Gasteiger partial charge in [-0.3, -0.25) is 4.68 Å². The standard InChI is InChI=1S/C12H21N3O/c1-9-6-10(2)15(14-9)12(8-16-3)7-13-11-4-5-11/h6,11-13H,4-5,7-8H2,1-3H3. The number of rotatable bonds is 6. The number of hydrogen-bond donors (Lipinski definition) is 1. The Bertz CT molecular complexity index is 344. The Kier molecular flexibility index (Phi) is 3.61. The van der Waals surface area contributed by atoms with E-state index < -0.39 is 0 Å². The zero-order chi connectivity index (χ0) is 11.5. The SMILES string of the molecule is COCC(CNC1CC1)n1nc(C)cc1C. The molecule has 4 heteroatoms. The predicted molar refractivity (Wildman–Crippen MR) is 63.6 cm³/mol. The quantitative estimate of drug-likeness (QED) is 0.793. The first-order valence-corrected chi connectivity index (χ1v) is 5.95. The first-order chi connectivity index (χ1) is 7.70. The van der Waals surface area contributed by atoms with Crippen molar-refractivity contribution in [3.63, 3.8) is 0 Å². The minimum Gasteiger partial charge on any atom is -0.382 e. The molecule has 2 rings (SSSR count). The molecule has 1 N–H and O–H groups in total. The highest BCUT2D eigenvalue weighted by Crippen LogP contribution is 2.20. The van der Waals surface area contributed by atoms with Gasteiger partial charge in [0, 0.05) is 25.4 Å². The van der Waals surface area contributed by atoms with Crippen molar-refractivity contribution < 1.29 is 4.74 Å². The van der Waals surface area contributed by atoms with Crippen LogP contribution in [0.3, 0.4) is 0 Å². The molecular weight excluding hydrogens is 202 g/mol. The van der Waals surface area contributed by atoms with Gasteiger partial charge in [-0.2, -0.15) is 5.10 Å². The Morgan fingerprint density at radius 1 is 1.56 bits per heavy atom. The summed E-state index contributed by atoms with van der Waals surface area (Å²) in [4.78, 5) is 0. The van der Waals surface area contributed by atoms with Crippen LogP contribution in [0.1, 0.15) is 30.3 Å². The summed E-state index contributed by atoms with van der Waals surface area (Å²) in [6.45, 7) is 5.78. The molecule has 90 valence electrons. The van der Waals surface area contributed by atoms with Crippen LogP contribution >= 0.6 is 0 Å². The summed E-state index contributed by atoms with van der Waals surface area (Å²) in [6, 6.07) is 3.15. The summed E-state index contributed by atoms with van der Waals surface area (Å²) in [5.41, 5.74) is 2.28. The summed E-state index contributed by atoms with van der Waals surface area (Å²) >= 11 is 0. The van der Waals surface area contributed by atoms with Crippen LogP contribution in [-0.2, 0) is 4.74 Å². The van der Waals surface area contributed by atoms with Crippen LogP contribution in [0.25, 0.3) is 0 Å². The number of aryl methyl sites for hydroxylation is 2. The van der Waals surface area contributed by atoms with E-state index in [1.165, 1.54) is 18.5 Å². The molecule has 1 heterocycles. The second-order valence-corrected chi connectivity index (χ2v) is 4.66. The zero-order valence-electron chi connectivity index (χ0n) is 10.4. The molecule has 0 amide bonds. The van der Waals surface area contributed by atoms with Crippen molar-refractivity contribution in [3.8, 4) is 0 Å². The third-order valence-corrected chi connectivity index (χ3v) is 2.97. The van der Waals surface area contributed by atoms with Crippen LogP contribution < -0.4 is 5.32 Å². The summed E-state index contributed by atoms with van der Waals surface area (Å²) < 4.78 is 7.35. The van der Waals surface area contributed by atoms with Crippen molar-refractivity contribution in [3.05, 3.63) is 17.5 Å². The highest BCUT2D eigenvalue weighted by atomic mass is 16.5. The highest BCUT2D eigenvalue weighted by Gasteiger charge is 2.23. The van der Waals surface area contributed by atoms with Gasteiger partial charge < -0.3 is 10.1 Å². The predicted octanol–water partition coefficient (Wildman–Crippen LogP) is 1.44. The molecule has 1 atom stereocenters. The summed E-state index contributed by atoms with van der Waals surface area (Å²) in [5.74, 6) is 0. The topological polar surface area (TPSA) is 39.1 Å². The van der Waals surface area contributed by atoms with E-state index in [1.807, 2.05) is 6.92 Å². The minimum absolute atomic E-state index is 0.305. The maximum absolute atomic E-state index is 5.27. The number of nitrogens with zero attached hydrogens (tertiary/aromatic N) is 2. The largest absolute Gasteiger partial charge is 0.382 e. The minimum atomic E-state index is 0.305. The molecule has 0 aromatic carbocycles. The smallest absolute Gasteiger partial charge is 0.0879 e. The number of aromatic nitrogens is 2. The number of ether oxygens (including phenoxy) is 1. The lowest BCUT2D eigenvalue weighted by atomic mass is 10.3. The van der Waals surface area contributed by atoms with Gasteiger partial charge in [-0.1, -0.05) is 0 Å². The number of methoxy groups -OCH3 is 1. The lowest BCUT2D eigenvalue weighted by molar-refractivity contribution is 0.146. The fraction of sp³-hybridized carbons (Fsp3) is 0.750. The molecule has 0 radical (unpaired) electrons. The van der Waals surface area contributed by atoms with Crippen molar-refractivity contribution in [2.24, 2.45) is 0 Å². The zero-order valence-corrected chi connectivity index (χ0v) is 10.4. The van der Waals surface area contributed by atoms with E-state index in [0.717, 1.165) is 18.3 Å². The maximum atomic E-state index is 5.27. The summed E-state index contributed by atoms with van der Waals surface area (Å²) in [6.07, 6.45) is 2.63. The van der Waals surface area contributed by atoms with Gasteiger partial charge in [0.2, 0.25) is 0 Å². The third-order valence-electron chi connectivity index (χ3n) is 2.97. The van der Waals surface area contributed by atoms with Gasteiger partial charge in [0.1, 0.15) is 0 Å². The van der Waals surface area contributed by atoms with Crippen LogP contribution in [0.15, 0.2) is 6.07 Å². The Labute approximate surface area is 97.0 Å². The van der Waals surface area contributed by atoms with Gasteiger partial charge in [0.15, 0.2) is 0 Å². The van der Waals surface area contributed by atoms with E-state index in [9.17, 15) is 0 Å².